The highest BCUT2D eigenvalue weighted by molar-refractivity contribution is 5.83. The molecule has 0 aliphatic carbocycles. The van der Waals surface area contributed by atoms with Crippen molar-refractivity contribution in [3.63, 3.8) is 0 Å². The maximum absolute atomic E-state index is 12.0. The minimum absolute atomic E-state index is 0.0893. The van der Waals surface area contributed by atoms with E-state index in [-0.39, 0.29) is 36.5 Å². The van der Waals surface area contributed by atoms with Crippen molar-refractivity contribution < 1.29 is 23.7 Å². The molecule has 0 unspecified atom stereocenters. The predicted molar refractivity (Wildman–Crippen MR) is 107 cm³/mol. The van der Waals surface area contributed by atoms with Gasteiger partial charge in [0.15, 0.2) is 6.61 Å². The number of carbonyl (C=O) groups excluding carboxylic acids is 1. The number of nitriles is 1. The Hall–Kier alpha value is -3.64. The van der Waals surface area contributed by atoms with E-state index in [4.69, 9.17) is 18.9 Å². The lowest BCUT2D eigenvalue weighted by Crippen LogP contribution is -2.25. The normalized spacial score (nSPS) is 15.2. The summed E-state index contributed by atoms with van der Waals surface area (Å²) in [7, 11) is 3.13. The summed E-state index contributed by atoms with van der Waals surface area (Å²) in [6, 6.07) is 11.0. The Morgan fingerprint density at radius 2 is 2.00 bits per heavy atom. The van der Waals surface area contributed by atoms with Gasteiger partial charge in [0.2, 0.25) is 23.9 Å². The van der Waals surface area contributed by atoms with Crippen LogP contribution in [0, 0.1) is 18.3 Å². The minimum Gasteiger partial charge on any atom is -0.497 e. The number of hydrazone groups is 1. The average Bonchev–Trinajstić information content (AvgIpc) is 3.17. The first kappa shape index (κ1) is 21.1. The summed E-state index contributed by atoms with van der Waals surface area (Å²) in [6.07, 6.45) is -0.711. The summed E-state index contributed by atoms with van der Waals surface area (Å²) >= 11 is 0. The molecule has 0 fully saturated rings. The number of aromatic nitrogens is 1. The van der Waals surface area contributed by atoms with Crippen molar-refractivity contribution in [2.24, 2.45) is 5.10 Å². The van der Waals surface area contributed by atoms with Crippen molar-refractivity contribution in [2.45, 2.75) is 26.7 Å². The van der Waals surface area contributed by atoms with Crippen LogP contribution < -0.4 is 9.47 Å². The highest BCUT2D eigenvalue weighted by atomic mass is 16.6. The van der Waals surface area contributed by atoms with Gasteiger partial charge in [-0.25, -0.2) is 4.98 Å². The lowest BCUT2D eigenvalue weighted by atomic mass is 10.1. The molecule has 2 aromatic rings. The van der Waals surface area contributed by atoms with Gasteiger partial charge in [0, 0.05) is 30.9 Å². The first-order valence-corrected chi connectivity index (χ1v) is 9.17. The Morgan fingerprint density at radius 1 is 1.27 bits per heavy atom. The van der Waals surface area contributed by atoms with Gasteiger partial charge in [0.1, 0.15) is 17.4 Å². The molecule has 1 aliphatic rings. The molecular formula is C21H22N4O5. The highest BCUT2D eigenvalue weighted by Gasteiger charge is 2.33. The van der Waals surface area contributed by atoms with Gasteiger partial charge in [-0.1, -0.05) is 0 Å². The second-order valence-corrected chi connectivity index (χ2v) is 6.54. The summed E-state index contributed by atoms with van der Waals surface area (Å²) in [5.74, 6) is 0.779. The zero-order chi connectivity index (χ0) is 21.7. The molecule has 1 amide bonds. The molecule has 0 saturated heterocycles. The van der Waals surface area contributed by atoms with Crippen molar-refractivity contribution >= 4 is 11.8 Å². The number of benzene rings is 1. The van der Waals surface area contributed by atoms with E-state index in [0.29, 0.717) is 17.0 Å². The summed E-state index contributed by atoms with van der Waals surface area (Å²) < 4.78 is 21.9. The fourth-order valence-corrected chi connectivity index (χ4v) is 2.98. The van der Waals surface area contributed by atoms with Gasteiger partial charge in [-0.2, -0.15) is 10.3 Å². The summed E-state index contributed by atoms with van der Waals surface area (Å²) in [5.41, 5.74) is 2.39. The summed E-state index contributed by atoms with van der Waals surface area (Å²) in [5, 5.41) is 15.0. The van der Waals surface area contributed by atoms with Crippen molar-refractivity contribution in [1.29, 1.82) is 5.26 Å². The largest absolute Gasteiger partial charge is 0.497 e. The Morgan fingerprint density at radius 3 is 2.60 bits per heavy atom. The zero-order valence-electron chi connectivity index (χ0n) is 17.2. The number of methoxy groups -OCH3 is 2. The molecule has 3 rings (SSSR count). The topological polar surface area (TPSA) is 106 Å². The Balaban J connectivity index is 1.78. The Bertz CT molecular complexity index is 998. The van der Waals surface area contributed by atoms with E-state index in [1.165, 1.54) is 11.9 Å². The fraction of sp³-hybridized carbons (Fsp3) is 0.333. The van der Waals surface area contributed by atoms with E-state index < -0.39 is 6.23 Å². The number of nitrogens with zero attached hydrogens (tertiary/aromatic N) is 4. The predicted octanol–water partition coefficient (Wildman–Crippen LogP) is 2.69. The van der Waals surface area contributed by atoms with Crippen LogP contribution in [0.4, 0.5) is 0 Å². The quantitative estimate of drug-likeness (QED) is 0.691. The van der Waals surface area contributed by atoms with Gasteiger partial charge < -0.3 is 18.9 Å². The molecule has 9 heteroatoms. The molecule has 1 aromatic heterocycles. The van der Waals surface area contributed by atoms with E-state index in [0.717, 1.165) is 5.56 Å². The maximum Gasteiger partial charge on any atom is 0.247 e. The number of hydrogen-bond acceptors (Lipinski definition) is 8. The average molecular weight is 410 g/mol. The summed E-state index contributed by atoms with van der Waals surface area (Å²) in [4.78, 5) is 16.3. The Labute approximate surface area is 174 Å². The van der Waals surface area contributed by atoms with E-state index in [1.807, 2.05) is 0 Å². The van der Waals surface area contributed by atoms with Crippen LogP contribution in [0.25, 0.3) is 0 Å². The first-order chi connectivity index (χ1) is 14.5. The molecule has 0 spiro atoms. The van der Waals surface area contributed by atoms with Gasteiger partial charge in [-0.3, -0.25) is 4.79 Å². The van der Waals surface area contributed by atoms with E-state index in [2.05, 4.69) is 16.2 Å². The SMILES string of the molecule is COCc1cc(C)nc(OCC2=NN(C(C)=O)[C@H](c3ccc(OC)cc3)O2)c1C#N. The molecule has 9 nitrogen and oxygen atoms in total. The van der Waals surface area contributed by atoms with Gasteiger partial charge >= 0.3 is 0 Å². The van der Waals surface area contributed by atoms with Crippen molar-refractivity contribution in [3.8, 4) is 17.7 Å². The number of ether oxygens (including phenoxy) is 4. The van der Waals surface area contributed by atoms with E-state index in [1.54, 1.807) is 51.5 Å². The van der Waals surface area contributed by atoms with Crippen LogP contribution in [0.2, 0.25) is 0 Å². The smallest absolute Gasteiger partial charge is 0.247 e. The monoisotopic (exact) mass is 410 g/mol. The third kappa shape index (κ3) is 4.50. The second-order valence-electron chi connectivity index (χ2n) is 6.54. The molecule has 0 bridgehead atoms. The number of carbonyl (C=O) groups is 1. The molecule has 1 aliphatic heterocycles. The van der Waals surface area contributed by atoms with Gasteiger partial charge in [0.05, 0.1) is 13.7 Å². The number of aryl methyl sites for hydroxylation is 1. The van der Waals surface area contributed by atoms with E-state index in [9.17, 15) is 10.1 Å². The van der Waals surface area contributed by atoms with Crippen LogP contribution in [0.5, 0.6) is 11.6 Å². The van der Waals surface area contributed by atoms with Crippen LogP contribution in [0.3, 0.4) is 0 Å². The molecule has 0 N–H and O–H groups in total. The molecular weight excluding hydrogens is 388 g/mol. The van der Waals surface area contributed by atoms with Crippen LogP contribution in [0.1, 0.15) is 35.5 Å². The van der Waals surface area contributed by atoms with Crippen LogP contribution >= 0.6 is 0 Å². The van der Waals surface area contributed by atoms with Crippen LogP contribution in [-0.2, 0) is 20.9 Å². The maximum atomic E-state index is 12.0. The lowest BCUT2D eigenvalue weighted by Gasteiger charge is -2.19. The number of rotatable bonds is 7. The van der Waals surface area contributed by atoms with Gasteiger partial charge in [-0.15, -0.1) is 5.10 Å². The van der Waals surface area contributed by atoms with Crippen molar-refractivity contribution in [2.75, 3.05) is 20.8 Å². The van der Waals surface area contributed by atoms with E-state index >= 15 is 0 Å². The molecule has 1 aromatic carbocycles. The van der Waals surface area contributed by atoms with Crippen molar-refractivity contribution in [3.05, 3.63) is 52.7 Å². The third-order valence-corrected chi connectivity index (χ3v) is 4.35. The molecule has 156 valence electrons. The molecule has 1 atom stereocenters. The second kappa shape index (κ2) is 9.24. The van der Waals surface area contributed by atoms with Crippen LogP contribution in [-0.4, -0.2) is 42.6 Å². The fourth-order valence-electron chi connectivity index (χ4n) is 2.98. The number of hydrogen-bond donors (Lipinski definition) is 0. The number of pyridine rings is 1. The third-order valence-electron chi connectivity index (χ3n) is 4.35. The molecule has 0 radical (unpaired) electrons. The standard InChI is InChI=1S/C21H22N4O5/c1-13-9-16(11-27-3)18(10-22)20(23-13)29-12-19-24-25(14(2)26)21(30-19)15-5-7-17(28-4)8-6-15/h5-9,21H,11-12H2,1-4H3/t21-/m0/s1. The Kier molecular flexibility index (Phi) is 6.49. The van der Waals surface area contributed by atoms with Gasteiger partial charge in [0.25, 0.3) is 0 Å². The highest BCUT2D eigenvalue weighted by Crippen LogP contribution is 2.30. The molecule has 0 saturated carbocycles. The van der Waals surface area contributed by atoms with Crippen molar-refractivity contribution in [1.82, 2.24) is 9.99 Å². The molecule has 2 heterocycles. The zero-order valence-corrected chi connectivity index (χ0v) is 17.2. The van der Waals surface area contributed by atoms with Gasteiger partial charge in [-0.05, 0) is 37.3 Å². The molecule has 30 heavy (non-hydrogen) atoms. The van der Waals surface area contributed by atoms with Crippen LogP contribution in [0.15, 0.2) is 35.4 Å². The number of amides is 1. The summed E-state index contributed by atoms with van der Waals surface area (Å²) in [6.45, 7) is 3.37. The lowest BCUT2D eigenvalue weighted by molar-refractivity contribution is -0.135. The minimum atomic E-state index is -0.711. The first-order valence-electron chi connectivity index (χ1n) is 9.17.